The molecule has 0 aromatic heterocycles. The first-order valence-electron chi connectivity index (χ1n) is 9.33. The molecule has 1 N–H and O–H groups in total. The Morgan fingerprint density at radius 1 is 0.848 bits per heavy atom. The molecule has 4 rings (SSSR count). The molecule has 0 radical (unpaired) electrons. The molecule has 33 heavy (non-hydrogen) atoms. The van der Waals surface area contributed by atoms with Gasteiger partial charge in [-0.25, -0.2) is 9.69 Å². The fourth-order valence-electron chi connectivity index (χ4n) is 3.03. The Bertz CT molecular complexity index is 1320. The molecule has 3 aromatic rings. The number of rotatable bonds is 5. The molecule has 0 fully saturated rings. The molecule has 2 amide bonds. The Kier molecular flexibility index (Phi) is 6.63. The minimum absolute atomic E-state index is 0.0501. The SMILES string of the molecule is O=C(Oc1cccc(Cl)c1)c1ccc(NC2=C(Cl)C(=O)N(c3cccc(Cl)c3Cl)C2=O)cc1. The number of carbonyl (C=O) groups is 3. The van der Waals surface area contributed by atoms with Gasteiger partial charge in [-0.15, -0.1) is 0 Å². The molecule has 0 aliphatic carbocycles. The van der Waals surface area contributed by atoms with Gasteiger partial charge < -0.3 is 10.1 Å². The summed E-state index contributed by atoms with van der Waals surface area (Å²) in [6, 6.07) is 17.1. The van der Waals surface area contributed by atoms with Crippen molar-refractivity contribution >= 4 is 75.6 Å². The number of amides is 2. The molecule has 166 valence electrons. The maximum Gasteiger partial charge on any atom is 0.343 e. The number of esters is 1. The van der Waals surface area contributed by atoms with Crippen LogP contribution >= 0.6 is 46.4 Å². The smallest absolute Gasteiger partial charge is 0.343 e. The zero-order valence-corrected chi connectivity index (χ0v) is 19.5. The number of hydrogen-bond donors (Lipinski definition) is 1. The summed E-state index contributed by atoms with van der Waals surface area (Å²) in [6.45, 7) is 0. The van der Waals surface area contributed by atoms with Crippen molar-refractivity contribution < 1.29 is 19.1 Å². The van der Waals surface area contributed by atoms with Crippen LogP contribution in [0.15, 0.2) is 77.5 Å². The van der Waals surface area contributed by atoms with Crippen molar-refractivity contribution in [3.63, 3.8) is 0 Å². The number of ether oxygens (including phenoxy) is 1. The van der Waals surface area contributed by atoms with Gasteiger partial charge in [-0.3, -0.25) is 9.59 Å². The molecule has 0 spiro atoms. The standard InChI is InChI=1S/C23H12Cl4N2O4/c24-13-3-1-4-15(11-13)33-23(32)12-7-9-14(10-8-12)28-20-19(27)21(30)29(22(20)31)17-6-2-5-16(25)18(17)26/h1-11,28H. The molecule has 0 atom stereocenters. The predicted octanol–water partition coefficient (Wildman–Crippen LogP) is 6.30. The van der Waals surface area contributed by atoms with Crippen molar-refractivity contribution in [3.8, 4) is 5.75 Å². The third-order valence-corrected chi connectivity index (χ3v) is 5.99. The zero-order chi connectivity index (χ0) is 23.7. The quantitative estimate of drug-likeness (QED) is 0.242. The number of benzene rings is 3. The van der Waals surface area contributed by atoms with Gasteiger partial charge >= 0.3 is 5.97 Å². The van der Waals surface area contributed by atoms with Crippen LogP contribution in [-0.2, 0) is 9.59 Å². The van der Waals surface area contributed by atoms with E-state index in [1.54, 1.807) is 36.4 Å². The van der Waals surface area contributed by atoms with Crippen LogP contribution in [0.25, 0.3) is 0 Å². The first-order valence-corrected chi connectivity index (χ1v) is 10.8. The third kappa shape index (κ3) is 4.70. The molecule has 1 heterocycles. The molecule has 3 aromatic carbocycles. The maximum atomic E-state index is 12.9. The lowest BCUT2D eigenvalue weighted by molar-refractivity contribution is -0.120. The molecule has 0 bridgehead atoms. The summed E-state index contributed by atoms with van der Waals surface area (Å²) >= 11 is 24.2. The van der Waals surface area contributed by atoms with Crippen molar-refractivity contribution in [3.05, 3.63) is 98.1 Å². The Morgan fingerprint density at radius 2 is 1.55 bits per heavy atom. The highest BCUT2D eigenvalue weighted by atomic mass is 35.5. The number of anilines is 2. The van der Waals surface area contributed by atoms with E-state index in [-0.39, 0.29) is 32.0 Å². The topological polar surface area (TPSA) is 75.7 Å². The van der Waals surface area contributed by atoms with Crippen LogP contribution in [0.5, 0.6) is 5.75 Å². The summed E-state index contributed by atoms with van der Waals surface area (Å²) in [4.78, 5) is 38.7. The van der Waals surface area contributed by atoms with Gasteiger partial charge in [0.1, 0.15) is 16.5 Å². The van der Waals surface area contributed by atoms with E-state index in [1.807, 2.05) is 0 Å². The largest absolute Gasteiger partial charge is 0.423 e. The number of carbonyl (C=O) groups excluding carboxylic acids is 3. The molecular formula is C23H12Cl4N2O4. The number of nitrogens with one attached hydrogen (secondary N) is 1. The molecule has 1 aliphatic heterocycles. The Balaban J connectivity index is 1.50. The average Bonchev–Trinajstić information content (AvgIpc) is 2.99. The van der Waals surface area contributed by atoms with E-state index in [1.165, 1.54) is 30.3 Å². The lowest BCUT2D eigenvalue weighted by atomic mass is 10.2. The van der Waals surface area contributed by atoms with E-state index in [0.717, 1.165) is 4.90 Å². The Hall–Kier alpha value is -3.03. The second kappa shape index (κ2) is 9.45. The van der Waals surface area contributed by atoms with Crippen LogP contribution in [0.3, 0.4) is 0 Å². The van der Waals surface area contributed by atoms with Crippen molar-refractivity contribution in [2.24, 2.45) is 0 Å². The van der Waals surface area contributed by atoms with E-state index in [4.69, 9.17) is 51.1 Å². The van der Waals surface area contributed by atoms with E-state index in [2.05, 4.69) is 5.32 Å². The predicted molar refractivity (Wildman–Crippen MR) is 128 cm³/mol. The highest BCUT2D eigenvalue weighted by Gasteiger charge is 2.40. The molecule has 6 nitrogen and oxygen atoms in total. The van der Waals surface area contributed by atoms with Crippen LogP contribution < -0.4 is 15.0 Å². The normalized spacial score (nSPS) is 13.5. The van der Waals surface area contributed by atoms with Crippen molar-refractivity contribution in [2.45, 2.75) is 0 Å². The fraction of sp³-hybridized carbons (Fsp3) is 0. The summed E-state index contributed by atoms with van der Waals surface area (Å²) in [7, 11) is 0. The van der Waals surface area contributed by atoms with Gasteiger partial charge in [-0.1, -0.05) is 58.5 Å². The summed E-state index contributed by atoms with van der Waals surface area (Å²) in [6.07, 6.45) is 0. The van der Waals surface area contributed by atoms with Crippen LogP contribution in [0, 0.1) is 0 Å². The number of halogens is 4. The molecular weight excluding hydrogens is 510 g/mol. The number of nitrogens with zero attached hydrogens (tertiary/aromatic N) is 1. The Morgan fingerprint density at radius 3 is 2.24 bits per heavy atom. The first kappa shape index (κ1) is 23.1. The van der Waals surface area contributed by atoms with Crippen LogP contribution in [-0.4, -0.2) is 17.8 Å². The summed E-state index contributed by atoms with van der Waals surface area (Å²) in [5.41, 5.74) is 0.671. The van der Waals surface area contributed by atoms with Gasteiger partial charge in [0.15, 0.2) is 0 Å². The van der Waals surface area contributed by atoms with E-state index < -0.39 is 17.8 Å². The van der Waals surface area contributed by atoms with Gasteiger partial charge in [0.2, 0.25) is 0 Å². The van der Waals surface area contributed by atoms with Crippen LogP contribution in [0.4, 0.5) is 11.4 Å². The van der Waals surface area contributed by atoms with Gasteiger partial charge in [-0.05, 0) is 54.6 Å². The van der Waals surface area contributed by atoms with E-state index >= 15 is 0 Å². The lowest BCUT2D eigenvalue weighted by Crippen LogP contribution is -2.32. The number of imide groups is 1. The van der Waals surface area contributed by atoms with Crippen molar-refractivity contribution in [1.29, 1.82) is 0 Å². The van der Waals surface area contributed by atoms with Gasteiger partial charge in [0, 0.05) is 10.7 Å². The van der Waals surface area contributed by atoms with Gasteiger partial charge in [-0.2, -0.15) is 0 Å². The summed E-state index contributed by atoms with van der Waals surface area (Å²) in [5, 5.41) is 3.19. The van der Waals surface area contributed by atoms with Crippen LogP contribution in [0.1, 0.15) is 10.4 Å². The second-order valence-corrected chi connectivity index (χ2v) is 8.36. The molecule has 1 aliphatic rings. The second-order valence-electron chi connectivity index (χ2n) is 6.76. The summed E-state index contributed by atoms with van der Waals surface area (Å²) in [5.74, 6) is -1.72. The summed E-state index contributed by atoms with van der Waals surface area (Å²) < 4.78 is 5.28. The molecule has 0 saturated heterocycles. The van der Waals surface area contributed by atoms with E-state index in [0.29, 0.717) is 16.5 Å². The fourth-order valence-corrected chi connectivity index (χ4v) is 3.80. The molecule has 0 unspecified atom stereocenters. The average molecular weight is 522 g/mol. The van der Waals surface area contributed by atoms with Crippen molar-refractivity contribution in [2.75, 3.05) is 10.2 Å². The van der Waals surface area contributed by atoms with Gasteiger partial charge in [0.25, 0.3) is 11.8 Å². The maximum absolute atomic E-state index is 12.9. The minimum Gasteiger partial charge on any atom is -0.423 e. The van der Waals surface area contributed by atoms with Crippen molar-refractivity contribution in [1.82, 2.24) is 0 Å². The van der Waals surface area contributed by atoms with E-state index in [9.17, 15) is 14.4 Å². The molecule has 10 heteroatoms. The third-order valence-electron chi connectivity index (χ3n) is 4.60. The number of hydrogen-bond acceptors (Lipinski definition) is 5. The monoisotopic (exact) mass is 520 g/mol. The first-order chi connectivity index (χ1) is 15.8. The van der Waals surface area contributed by atoms with Crippen LogP contribution in [0.2, 0.25) is 15.1 Å². The zero-order valence-electron chi connectivity index (χ0n) is 16.4. The minimum atomic E-state index is -0.741. The Labute approximate surface area is 208 Å². The lowest BCUT2D eigenvalue weighted by Gasteiger charge is -2.17. The van der Waals surface area contributed by atoms with Gasteiger partial charge in [0.05, 0.1) is 21.3 Å². The highest BCUT2D eigenvalue weighted by molar-refractivity contribution is 6.54. The highest BCUT2D eigenvalue weighted by Crippen LogP contribution is 2.37. The molecule has 0 saturated carbocycles.